The summed E-state index contributed by atoms with van der Waals surface area (Å²) in [6.07, 6.45) is 6.25. The first-order valence-corrected chi connectivity index (χ1v) is 8.45. The standard InChI is InChI=1S/C18H19N5O2/c1-12-15-16(24)13(18(25)22-9-5-2-6-10-22)11-20-17(15)23(21-12)14-7-3-4-8-19-14/h3-4,7-8,11H,2,5-6,9-10H2,1H3,(H,20,24). The molecule has 0 unspecified atom stereocenters. The van der Waals surface area contributed by atoms with Crippen molar-refractivity contribution in [3.63, 3.8) is 0 Å². The largest absolute Gasteiger partial charge is 0.506 e. The molecule has 1 fully saturated rings. The van der Waals surface area contributed by atoms with Gasteiger partial charge in [0.15, 0.2) is 11.5 Å². The zero-order valence-corrected chi connectivity index (χ0v) is 14.0. The Labute approximate surface area is 144 Å². The van der Waals surface area contributed by atoms with Gasteiger partial charge in [-0.2, -0.15) is 9.78 Å². The lowest BCUT2D eigenvalue weighted by Crippen LogP contribution is -2.35. The molecule has 0 atom stereocenters. The van der Waals surface area contributed by atoms with Gasteiger partial charge < -0.3 is 10.0 Å². The smallest absolute Gasteiger partial charge is 0.259 e. The topological polar surface area (TPSA) is 84.1 Å². The van der Waals surface area contributed by atoms with Crippen LogP contribution in [0.4, 0.5) is 0 Å². The summed E-state index contributed by atoms with van der Waals surface area (Å²) < 4.78 is 1.58. The monoisotopic (exact) mass is 337 g/mol. The Balaban J connectivity index is 1.81. The molecule has 1 saturated heterocycles. The molecular formula is C18H19N5O2. The van der Waals surface area contributed by atoms with Gasteiger partial charge in [-0.05, 0) is 38.3 Å². The number of carbonyl (C=O) groups is 1. The molecule has 1 amide bonds. The average molecular weight is 337 g/mol. The van der Waals surface area contributed by atoms with E-state index in [0.29, 0.717) is 22.5 Å². The van der Waals surface area contributed by atoms with E-state index in [9.17, 15) is 9.90 Å². The van der Waals surface area contributed by atoms with Crippen molar-refractivity contribution in [2.45, 2.75) is 26.2 Å². The lowest BCUT2D eigenvalue weighted by atomic mass is 10.1. The molecule has 0 spiro atoms. The molecule has 0 radical (unpaired) electrons. The van der Waals surface area contributed by atoms with Crippen LogP contribution in [0.3, 0.4) is 0 Å². The number of piperidine rings is 1. The number of aryl methyl sites for hydroxylation is 1. The second-order valence-electron chi connectivity index (χ2n) is 6.26. The summed E-state index contributed by atoms with van der Waals surface area (Å²) >= 11 is 0. The number of fused-ring (bicyclic) bond motifs is 1. The van der Waals surface area contributed by atoms with E-state index in [1.807, 2.05) is 18.2 Å². The number of carbonyl (C=O) groups excluding carboxylic acids is 1. The molecule has 0 aliphatic carbocycles. The van der Waals surface area contributed by atoms with Crippen molar-refractivity contribution >= 4 is 16.9 Å². The van der Waals surface area contributed by atoms with Crippen LogP contribution in [0.1, 0.15) is 35.3 Å². The molecular weight excluding hydrogens is 318 g/mol. The van der Waals surface area contributed by atoms with Crippen LogP contribution in [0.2, 0.25) is 0 Å². The van der Waals surface area contributed by atoms with Crippen LogP contribution >= 0.6 is 0 Å². The van der Waals surface area contributed by atoms with Crippen molar-refractivity contribution in [2.24, 2.45) is 0 Å². The quantitative estimate of drug-likeness (QED) is 0.776. The summed E-state index contributed by atoms with van der Waals surface area (Å²) in [5.74, 6) is 0.388. The van der Waals surface area contributed by atoms with Crippen molar-refractivity contribution in [3.8, 4) is 11.6 Å². The molecule has 4 heterocycles. The van der Waals surface area contributed by atoms with Crippen molar-refractivity contribution in [2.75, 3.05) is 13.1 Å². The molecule has 128 valence electrons. The zero-order chi connectivity index (χ0) is 17.4. The Morgan fingerprint density at radius 2 is 1.96 bits per heavy atom. The average Bonchev–Trinajstić information content (AvgIpc) is 3.00. The normalized spacial score (nSPS) is 14.8. The van der Waals surface area contributed by atoms with Crippen LogP contribution in [0.5, 0.6) is 5.75 Å². The minimum atomic E-state index is -0.170. The number of nitrogens with zero attached hydrogens (tertiary/aromatic N) is 5. The van der Waals surface area contributed by atoms with Crippen LogP contribution in [0, 0.1) is 6.92 Å². The van der Waals surface area contributed by atoms with Crippen molar-refractivity contribution in [3.05, 3.63) is 41.9 Å². The van der Waals surface area contributed by atoms with Gasteiger partial charge in [0, 0.05) is 25.5 Å². The van der Waals surface area contributed by atoms with Gasteiger partial charge in [-0.15, -0.1) is 0 Å². The summed E-state index contributed by atoms with van der Waals surface area (Å²) in [5, 5.41) is 15.7. The van der Waals surface area contributed by atoms with Gasteiger partial charge in [0.05, 0.1) is 11.1 Å². The zero-order valence-electron chi connectivity index (χ0n) is 14.0. The van der Waals surface area contributed by atoms with Crippen molar-refractivity contribution in [1.82, 2.24) is 24.6 Å². The second-order valence-corrected chi connectivity index (χ2v) is 6.26. The molecule has 0 saturated carbocycles. The Bertz CT molecular complexity index is 930. The van der Waals surface area contributed by atoms with Crippen LogP contribution in [-0.2, 0) is 0 Å². The maximum absolute atomic E-state index is 12.7. The third-order valence-corrected chi connectivity index (χ3v) is 4.58. The molecule has 7 heteroatoms. The first kappa shape index (κ1) is 15.6. The summed E-state index contributed by atoms with van der Waals surface area (Å²) in [7, 11) is 0. The number of aromatic nitrogens is 4. The molecule has 25 heavy (non-hydrogen) atoms. The summed E-state index contributed by atoms with van der Waals surface area (Å²) in [6.45, 7) is 3.24. The molecule has 3 aromatic rings. The van der Waals surface area contributed by atoms with Gasteiger partial charge in [0.25, 0.3) is 5.91 Å². The first-order valence-electron chi connectivity index (χ1n) is 8.45. The van der Waals surface area contributed by atoms with E-state index in [1.165, 1.54) is 6.20 Å². The molecule has 1 aliphatic rings. The Kier molecular flexibility index (Phi) is 3.83. The molecule has 0 bridgehead atoms. The van der Waals surface area contributed by atoms with Gasteiger partial charge in [-0.25, -0.2) is 9.97 Å². The number of aromatic hydroxyl groups is 1. The summed E-state index contributed by atoms with van der Waals surface area (Å²) in [4.78, 5) is 23.2. The van der Waals surface area contributed by atoms with Gasteiger partial charge in [0.1, 0.15) is 11.3 Å². The highest BCUT2D eigenvalue weighted by Crippen LogP contribution is 2.31. The fourth-order valence-electron chi connectivity index (χ4n) is 3.30. The number of amides is 1. The van der Waals surface area contributed by atoms with Gasteiger partial charge in [-0.1, -0.05) is 6.07 Å². The first-order chi connectivity index (χ1) is 12.2. The van der Waals surface area contributed by atoms with E-state index in [-0.39, 0.29) is 17.2 Å². The Morgan fingerprint density at radius 1 is 1.16 bits per heavy atom. The van der Waals surface area contributed by atoms with E-state index in [2.05, 4.69) is 15.1 Å². The number of pyridine rings is 2. The van der Waals surface area contributed by atoms with E-state index in [0.717, 1.165) is 32.4 Å². The molecule has 1 N–H and O–H groups in total. The molecule has 4 rings (SSSR count). The minimum absolute atomic E-state index is 0.0553. The fraction of sp³-hybridized carbons (Fsp3) is 0.333. The maximum Gasteiger partial charge on any atom is 0.259 e. The fourth-order valence-corrected chi connectivity index (χ4v) is 3.30. The number of hydrogen-bond donors (Lipinski definition) is 1. The Hall–Kier alpha value is -2.96. The van der Waals surface area contributed by atoms with E-state index >= 15 is 0 Å². The van der Waals surface area contributed by atoms with E-state index in [4.69, 9.17) is 0 Å². The van der Waals surface area contributed by atoms with E-state index in [1.54, 1.807) is 22.7 Å². The third kappa shape index (κ3) is 2.61. The van der Waals surface area contributed by atoms with Crippen LogP contribution in [0.15, 0.2) is 30.6 Å². The highest BCUT2D eigenvalue weighted by atomic mass is 16.3. The lowest BCUT2D eigenvalue weighted by Gasteiger charge is -2.26. The van der Waals surface area contributed by atoms with Gasteiger partial charge >= 0.3 is 0 Å². The Morgan fingerprint density at radius 3 is 2.68 bits per heavy atom. The third-order valence-electron chi connectivity index (χ3n) is 4.58. The second kappa shape index (κ2) is 6.16. The molecule has 7 nitrogen and oxygen atoms in total. The SMILES string of the molecule is Cc1nn(-c2ccccn2)c2ncc(C(=O)N3CCCCC3)c(O)c12. The summed E-state index contributed by atoms with van der Waals surface area (Å²) in [5.41, 5.74) is 1.33. The van der Waals surface area contributed by atoms with Gasteiger partial charge in [0.2, 0.25) is 0 Å². The van der Waals surface area contributed by atoms with Crippen molar-refractivity contribution < 1.29 is 9.90 Å². The van der Waals surface area contributed by atoms with Crippen LogP contribution in [-0.4, -0.2) is 48.8 Å². The highest BCUT2D eigenvalue weighted by Gasteiger charge is 2.25. The number of likely N-dealkylation sites (tertiary alicyclic amines) is 1. The number of rotatable bonds is 2. The minimum Gasteiger partial charge on any atom is -0.506 e. The summed E-state index contributed by atoms with van der Waals surface area (Å²) in [6, 6.07) is 5.50. The van der Waals surface area contributed by atoms with Gasteiger partial charge in [-0.3, -0.25) is 4.79 Å². The van der Waals surface area contributed by atoms with Crippen molar-refractivity contribution in [1.29, 1.82) is 0 Å². The molecule has 0 aromatic carbocycles. The molecule has 3 aromatic heterocycles. The molecule has 1 aliphatic heterocycles. The predicted octanol–water partition coefficient (Wildman–Crippen LogP) is 2.46. The lowest BCUT2D eigenvalue weighted by molar-refractivity contribution is 0.0721. The highest BCUT2D eigenvalue weighted by molar-refractivity contribution is 6.02. The van der Waals surface area contributed by atoms with Crippen LogP contribution < -0.4 is 0 Å². The van der Waals surface area contributed by atoms with Crippen LogP contribution in [0.25, 0.3) is 16.9 Å². The maximum atomic E-state index is 12.7. The van der Waals surface area contributed by atoms with E-state index < -0.39 is 0 Å². The number of hydrogen-bond acceptors (Lipinski definition) is 5. The predicted molar refractivity (Wildman–Crippen MR) is 92.8 cm³/mol.